The van der Waals surface area contributed by atoms with Crippen LogP contribution in [-0.2, 0) is 0 Å². The first-order valence-corrected chi connectivity index (χ1v) is 7.69. The third kappa shape index (κ3) is 3.22. The maximum absolute atomic E-state index is 13.0. The predicted octanol–water partition coefficient (Wildman–Crippen LogP) is 1.19. The summed E-state index contributed by atoms with van der Waals surface area (Å²) < 4.78 is 13.9. The van der Waals surface area contributed by atoms with Gasteiger partial charge in [-0.1, -0.05) is 0 Å². The molecule has 3 rings (SSSR count). The number of nitrogens with one attached hydrogen (secondary N) is 1. The molecule has 0 radical (unpaired) electrons. The Balaban J connectivity index is 2.02. The van der Waals surface area contributed by atoms with Crippen LogP contribution in [0.25, 0.3) is 5.69 Å². The van der Waals surface area contributed by atoms with Crippen LogP contribution in [0.15, 0.2) is 39.0 Å². The van der Waals surface area contributed by atoms with E-state index >= 15 is 0 Å². The smallest absolute Gasteiger partial charge is 0.335 e. The first-order chi connectivity index (χ1) is 11.6. The third-order valence-corrected chi connectivity index (χ3v) is 3.89. The van der Waals surface area contributed by atoms with Crippen LogP contribution >= 0.6 is 0 Å². The summed E-state index contributed by atoms with van der Waals surface area (Å²) in [6.45, 7) is 1.57. The number of piperidine rings is 1. The fourth-order valence-corrected chi connectivity index (χ4v) is 2.62. The van der Waals surface area contributed by atoms with Crippen molar-refractivity contribution in [3.8, 4) is 11.6 Å². The van der Waals surface area contributed by atoms with Gasteiger partial charge in [0.25, 0.3) is 5.56 Å². The van der Waals surface area contributed by atoms with Crippen molar-refractivity contribution in [3.05, 3.63) is 56.5 Å². The lowest BCUT2D eigenvalue weighted by molar-refractivity contribution is 0.240. The quantitative estimate of drug-likeness (QED) is 0.826. The van der Waals surface area contributed by atoms with Crippen LogP contribution in [0.1, 0.15) is 24.8 Å². The Hall–Kier alpha value is -2.90. The summed E-state index contributed by atoms with van der Waals surface area (Å²) in [6, 6.07) is 4.99. The zero-order chi connectivity index (χ0) is 17.1. The highest BCUT2D eigenvalue weighted by atomic mass is 19.1. The standard InChI is InChI=1S/C16H17FN4O3/c17-11-4-6-12(7-5-11)21-15(23)13(14(22)19-16(21)24)10-18-20-8-2-1-3-9-20/h4-7,10,23H,1-3,8-9H2,(H,19,22,24)/b18-10+. The van der Waals surface area contributed by atoms with Crippen molar-refractivity contribution in [1.82, 2.24) is 14.6 Å². The molecule has 1 aliphatic heterocycles. The number of hydrogen-bond acceptors (Lipinski definition) is 5. The first kappa shape index (κ1) is 16.0. The minimum Gasteiger partial charge on any atom is -0.493 e. The van der Waals surface area contributed by atoms with Gasteiger partial charge in [0.2, 0.25) is 5.88 Å². The lowest BCUT2D eigenvalue weighted by Crippen LogP contribution is -2.32. The van der Waals surface area contributed by atoms with Gasteiger partial charge < -0.3 is 5.11 Å². The van der Waals surface area contributed by atoms with Crippen LogP contribution in [0, 0.1) is 5.82 Å². The molecule has 0 amide bonds. The van der Waals surface area contributed by atoms with Crippen LogP contribution in [0.4, 0.5) is 4.39 Å². The number of hydrogen-bond donors (Lipinski definition) is 2. The van der Waals surface area contributed by atoms with Gasteiger partial charge in [-0.2, -0.15) is 5.10 Å². The number of aromatic hydroxyl groups is 1. The van der Waals surface area contributed by atoms with Crippen molar-refractivity contribution in [1.29, 1.82) is 0 Å². The SMILES string of the molecule is O=c1[nH]c(=O)n(-c2ccc(F)cc2)c(O)c1/C=N/N1CCCCC1. The molecule has 1 aromatic carbocycles. The van der Waals surface area contributed by atoms with Crippen LogP contribution in [0.2, 0.25) is 0 Å². The summed E-state index contributed by atoms with van der Waals surface area (Å²) in [4.78, 5) is 26.1. The van der Waals surface area contributed by atoms with E-state index in [1.165, 1.54) is 18.3 Å². The highest BCUT2D eigenvalue weighted by Gasteiger charge is 2.15. The number of rotatable bonds is 3. The van der Waals surface area contributed by atoms with Gasteiger partial charge in [-0.05, 0) is 43.5 Å². The normalized spacial score (nSPS) is 15.1. The number of benzene rings is 1. The van der Waals surface area contributed by atoms with Crippen LogP contribution in [0.5, 0.6) is 5.88 Å². The maximum Gasteiger partial charge on any atom is 0.335 e. The summed E-state index contributed by atoms with van der Waals surface area (Å²) in [6.07, 6.45) is 4.44. The van der Waals surface area contributed by atoms with Gasteiger partial charge in [0.05, 0.1) is 11.9 Å². The zero-order valence-corrected chi connectivity index (χ0v) is 12.9. The maximum atomic E-state index is 13.0. The molecule has 0 aliphatic carbocycles. The van der Waals surface area contributed by atoms with Gasteiger partial charge in [0.1, 0.15) is 11.4 Å². The van der Waals surface area contributed by atoms with E-state index in [1.807, 2.05) is 5.01 Å². The van der Waals surface area contributed by atoms with Gasteiger partial charge in [0.15, 0.2) is 0 Å². The second kappa shape index (κ2) is 6.69. The molecule has 1 saturated heterocycles. The van der Waals surface area contributed by atoms with Gasteiger partial charge in [-0.3, -0.25) is 14.8 Å². The van der Waals surface area contributed by atoms with Crippen molar-refractivity contribution >= 4 is 6.21 Å². The first-order valence-electron chi connectivity index (χ1n) is 7.69. The lowest BCUT2D eigenvalue weighted by Gasteiger charge is -2.23. The van der Waals surface area contributed by atoms with Gasteiger partial charge in [0, 0.05) is 13.1 Å². The molecular formula is C16H17FN4O3. The van der Waals surface area contributed by atoms with Gasteiger partial charge in [-0.25, -0.2) is 13.8 Å². The van der Waals surface area contributed by atoms with E-state index in [9.17, 15) is 19.1 Å². The molecule has 2 N–H and O–H groups in total. The van der Waals surface area contributed by atoms with Crippen LogP contribution in [-0.4, -0.2) is 39.0 Å². The number of aromatic nitrogens is 2. The van der Waals surface area contributed by atoms with E-state index in [0.29, 0.717) is 0 Å². The summed E-state index contributed by atoms with van der Waals surface area (Å²) in [7, 11) is 0. The Morgan fingerprint density at radius 2 is 1.79 bits per heavy atom. The monoisotopic (exact) mass is 332 g/mol. The largest absolute Gasteiger partial charge is 0.493 e. The molecule has 1 aliphatic rings. The van der Waals surface area contributed by atoms with Crippen LogP contribution in [0.3, 0.4) is 0 Å². The summed E-state index contributed by atoms with van der Waals surface area (Å²) in [5.41, 5.74) is -1.41. The number of aromatic amines is 1. The molecule has 0 unspecified atom stereocenters. The highest BCUT2D eigenvalue weighted by molar-refractivity contribution is 5.82. The summed E-state index contributed by atoms with van der Waals surface area (Å²) in [5.74, 6) is -1.00. The average molecular weight is 332 g/mol. The number of H-pyrrole nitrogens is 1. The van der Waals surface area contributed by atoms with Crippen molar-refractivity contribution in [2.75, 3.05) is 13.1 Å². The minimum absolute atomic E-state index is 0.121. The molecule has 7 nitrogen and oxygen atoms in total. The molecule has 1 aromatic heterocycles. The van der Waals surface area contributed by atoms with Crippen molar-refractivity contribution in [2.24, 2.45) is 5.10 Å². The topological polar surface area (TPSA) is 90.7 Å². The van der Waals surface area contributed by atoms with E-state index in [1.54, 1.807) is 0 Å². The van der Waals surface area contributed by atoms with Crippen LogP contribution < -0.4 is 11.2 Å². The average Bonchev–Trinajstić information content (AvgIpc) is 2.57. The molecule has 24 heavy (non-hydrogen) atoms. The molecule has 0 saturated carbocycles. The third-order valence-electron chi connectivity index (χ3n) is 3.89. The van der Waals surface area contributed by atoms with Gasteiger partial charge in [-0.15, -0.1) is 0 Å². The van der Waals surface area contributed by atoms with Crippen molar-refractivity contribution in [3.63, 3.8) is 0 Å². The number of nitrogens with zero attached hydrogens (tertiary/aromatic N) is 3. The molecular weight excluding hydrogens is 315 g/mol. The molecule has 0 spiro atoms. The Bertz CT molecular complexity index is 864. The fourth-order valence-electron chi connectivity index (χ4n) is 2.62. The second-order valence-corrected chi connectivity index (χ2v) is 5.57. The predicted molar refractivity (Wildman–Crippen MR) is 87.3 cm³/mol. The Morgan fingerprint density at radius 3 is 2.46 bits per heavy atom. The van der Waals surface area contributed by atoms with Crippen molar-refractivity contribution in [2.45, 2.75) is 19.3 Å². The second-order valence-electron chi connectivity index (χ2n) is 5.57. The Labute approximate surface area is 136 Å². The van der Waals surface area contributed by atoms with Crippen molar-refractivity contribution < 1.29 is 9.50 Å². The van der Waals surface area contributed by atoms with E-state index in [2.05, 4.69) is 10.1 Å². The molecule has 126 valence electrons. The Kier molecular flexibility index (Phi) is 4.45. The van der Waals surface area contributed by atoms with E-state index < -0.39 is 22.9 Å². The number of halogens is 1. The minimum atomic E-state index is -0.806. The van der Waals surface area contributed by atoms with E-state index in [4.69, 9.17) is 0 Å². The molecule has 8 heteroatoms. The molecule has 0 atom stereocenters. The molecule has 0 bridgehead atoms. The summed E-state index contributed by atoms with van der Waals surface area (Å²) in [5, 5.41) is 16.4. The van der Waals surface area contributed by atoms with E-state index in [0.717, 1.165) is 49.1 Å². The summed E-state index contributed by atoms with van der Waals surface area (Å²) >= 11 is 0. The lowest BCUT2D eigenvalue weighted by atomic mass is 10.2. The fraction of sp³-hybridized carbons (Fsp3) is 0.312. The molecule has 2 heterocycles. The molecule has 1 fully saturated rings. The van der Waals surface area contributed by atoms with E-state index in [-0.39, 0.29) is 11.3 Å². The zero-order valence-electron chi connectivity index (χ0n) is 12.9. The van der Waals surface area contributed by atoms with Gasteiger partial charge >= 0.3 is 5.69 Å². The highest BCUT2D eigenvalue weighted by Crippen LogP contribution is 2.16. The number of hydrazone groups is 1. The Morgan fingerprint density at radius 1 is 1.12 bits per heavy atom. The molecule has 2 aromatic rings.